The smallest absolute Gasteiger partial charge is 0.261 e. The van der Waals surface area contributed by atoms with Crippen molar-refractivity contribution in [1.29, 1.82) is 0 Å². The summed E-state index contributed by atoms with van der Waals surface area (Å²) < 4.78 is 13.9. The molecule has 4 rings (SSSR count). The average molecular weight is 350 g/mol. The molecule has 0 aliphatic heterocycles. The van der Waals surface area contributed by atoms with Crippen LogP contribution in [0, 0.1) is 0 Å². The molecule has 0 aliphatic carbocycles. The summed E-state index contributed by atoms with van der Waals surface area (Å²) in [6.45, 7) is 0.922. The first kappa shape index (κ1) is 16.3. The topological polar surface area (TPSA) is 70.7 Å². The Hall–Kier alpha value is -3.19. The van der Waals surface area contributed by atoms with E-state index in [2.05, 4.69) is 4.98 Å². The first-order valence-electron chi connectivity index (χ1n) is 8.24. The predicted octanol–water partition coefficient (Wildman–Crippen LogP) is 2.27. The molecule has 0 bridgehead atoms. The van der Waals surface area contributed by atoms with Crippen molar-refractivity contribution in [2.75, 3.05) is 20.3 Å². The highest BCUT2D eigenvalue weighted by atomic mass is 16.5. The van der Waals surface area contributed by atoms with Crippen molar-refractivity contribution in [3.8, 4) is 17.1 Å². The second-order valence-electron chi connectivity index (χ2n) is 5.90. The van der Waals surface area contributed by atoms with Gasteiger partial charge in [-0.2, -0.15) is 5.10 Å². The number of aromatic nitrogens is 4. The molecular weight excluding hydrogens is 332 g/mol. The molecule has 3 aromatic heterocycles. The van der Waals surface area contributed by atoms with Gasteiger partial charge in [0.1, 0.15) is 12.3 Å². The van der Waals surface area contributed by atoms with Crippen molar-refractivity contribution in [3.63, 3.8) is 0 Å². The largest absolute Gasteiger partial charge is 0.475 e. The third-order valence-electron chi connectivity index (χ3n) is 4.27. The lowest BCUT2D eigenvalue weighted by atomic mass is 10.2. The third-order valence-corrected chi connectivity index (χ3v) is 4.27. The van der Waals surface area contributed by atoms with Gasteiger partial charge in [0.15, 0.2) is 0 Å². The van der Waals surface area contributed by atoms with Gasteiger partial charge in [0.25, 0.3) is 5.56 Å². The van der Waals surface area contributed by atoms with E-state index in [0.29, 0.717) is 24.5 Å². The fourth-order valence-corrected chi connectivity index (χ4v) is 2.93. The van der Waals surface area contributed by atoms with Gasteiger partial charge >= 0.3 is 0 Å². The third kappa shape index (κ3) is 2.72. The Morgan fingerprint density at radius 3 is 2.81 bits per heavy atom. The minimum Gasteiger partial charge on any atom is -0.475 e. The average Bonchev–Trinajstić information content (AvgIpc) is 3.12. The van der Waals surface area contributed by atoms with Crippen LogP contribution < -0.4 is 10.3 Å². The van der Waals surface area contributed by atoms with Crippen molar-refractivity contribution < 1.29 is 9.47 Å². The predicted molar refractivity (Wildman–Crippen MR) is 98.5 cm³/mol. The van der Waals surface area contributed by atoms with Gasteiger partial charge in [-0.15, -0.1) is 0 Å². The number of methoxy groups -OCH3 is 1. The van der Waals surface area contributed by atoms with Crippen LogP contribution in [0.3, 0.4) is 0 Å². The zero-order valence-corrected chi connectivity index (χ0v) is 14.5. The van der Waals surface area contributed by atoms with Crippen LogP contribution in [0.5, 0.6) is 5.88 Å². The summed E-state index contributed by atoms with van der Waals surface area (Å²) in [6, 6.07) is 13.0. The second kappa shape index (κ2) is 6.61. The monoisotopic (exact) mass is 350 g/mol. The molecule has 7 heteroatoms. The van der Waals surface area contributed by atoms with Gasteiger partial charge < -0.3 is 9.47 Å². The summed E-state index contributed by atoms with van der Waals surface area (Å²) in [7, 11) is 3.37. The fourth-order valence-electron chi connectivity index (χ4n) is 2.93. The van der Waals surface area contributed by atoms with Gasteiger partial charge in [-0.25, -0.2) is 9.50 Å². The van der Waals surface area contributed by atoms with Gasteiger partial charge in [-0.3, -0.25) is 9.36 Å². The highest BCUT2D eigenvalue weighted by Gasteiger charge is 2.13. The highest BCUT2D eigenvalue weighted by molar-refractivity contribution is 5.81. The molecule has 7 nitrogen and oxygen atoms in total. The van der Waals surface area contributed by atoms with E-state index in [-0.39, 0.29) is 5.56 Å². The second-order valence-corrected chi connectivity index (χ2v) is 5.90. The van der Waals surface area contributed by atoms with Gasteiger partial charge in [-0.05, 0) is 18.2 Å². The molecule has 4 aromatic rings. The molecule has 0 amide bonds. The Bertz CT molecular complexity index is 1150. The van der Waals surface area contributed by atoms with Crippen LogP contribution >= 0.6 is 0 Å². The minimum absolute atomic E-state index is 0.0436. The molecule has 0 saturated carbocycles. The molecule has 3 heterocycles. The molecule has 0 fully saturated rings. The van der Waals surface area contributed by atoms with Gasteiger partial charge in [0, 0.05) is 38.1 Å². The summed E-state index contributed by atoms with van der Waals surface area (Å²) in [5, 5.41) is 5.33. The van der Waals surface area contributed by atoms with E-state index >= 15 is 0 Å². The summed E-state index contributed by atoms with van der Waals surface area (Å²) >= 11 is 0. The SMILES string of the molecule is COCCOc1cc(-c2cc3n(C)c(=O)c4ccccc4n3n2)ccn1. The van der Waals surface area contributed by atoms with Crippen molar-refractivity contribution in [2.45, 2.75) is 0 Å². The Kier molecular flexibility index (Phi) is 4.14. The normalized spacial score (nSPS) is 11.3. The van der Waals surface area contributed by atoms with Crippen LogP contribution in [-0.4, -0.2) is 39.5 Å². The number of rotatable bonds is 5. The van der Waals surface area contributed by atoms with Crippen LogP contribution in [-0.2, 0) is 11.8 Å². The molecule has 0 radical (unpaired) electrons. The minimum atomic E-state index is -0.0436. The van der Waals surface area contributed by atoms with Crippen molar-refractivity contribution in [2.24, 2.45) is 7.05 Å². The van der Waals surface area contributed by atoms with E-state index in [1.165, 1.54) is 0 Å². The number of ether oxygens (including phenoxy) is 2. The van der Waals surface area contributed by atoms with E-state index in [4.69, 9.17) is 14.6 Å². The first-order valence-corrected chi connectivity index (χ1v) is 8.24. The Labute approximate surface area is 149 Å². The van der Waals surface area contributed by atoms with Crippen molar-refractivity contribution in [3.05, 3.63) is 59.0 Å². The molecule has 0 spiro atoms. The maximum Gasteiger partial charge on any atom is 0.261 e. The number of para-hydroxylation sites is 1. The van der Waals surface area contributed by atoms with E-state index in [0.717, 1.165) is 22.4 Å². The summed E-state index contributed by atoms with van der Waals surface area (Å²) in [6.07, 6.45) is 1.68. The van der Waals surface area contributed by atoms with Crippen molar-refractivity contribution in [1.82, 2.24) is 19.2 Å². The van der Waals surface area contributed by atoms with E-state index in [9.17, 15) is 4.79 Å². The molecule has 0 saturated heterocycles. The zero-order chi connectivity index (χ0) is 18.1. The first-order chi connectivity index (χ1) is 12.7. The lowest BCUT2D eigenvalue weighted by molar-refractivity contribution is 0.144. The Balaban J connectivity index is 1.84. The summed E-state index contributed by atoms with van der Waals surface area (Å²) in [4.78, 5) is 16.8. The van der Waals surface area contributed by atoms with Crippen LogP contribution in [0.1, 0.15) is 0 Å². The zero-order valence-electron chi connectivity index (χ0n) is 14.5. The highest BCUT2D eigenvalue weighted by Crippen LogP contribution is 2.23. The van der Waals surface area contributed by atoms with Gasteiger partial charge in [0.05, 0.1) is 23.2 Å². The number of hydrogen-bond donors (Lipinski definition) is 0. The Morgan fingerprint density at radius 1 is 1.12 bits per heavy atom. The fraction of sp³-hybridized carbons (Fsp3) is 0.211. The number of benzene rings is 1. The molecule has 0 N–H and O–H groups in total. The molecule has 1 aromatic carbocycles. The van der Waals surface area contributed by atoms with Crippen LogP contribution in [0.15, 0.2) is 53.5 Å². The standard InChI is InChI=1S/C19H18N4O3/c1-22-18-12-15(13-7-8-20-17(11-13)26-10-9-25-2)21-23(18)16-6-4-3-5-14(16)19(22)24/h3-8,11-12H,9-10H2,1-2H3. The number of fused-ring (bicyclic) bond motifs is 3. The van der Waals surface area contributed by atoms with E-state index in [1.807, 2.05) is 42.5 Å². The maximum atomic E-state index is 12.6. The quantitative estimate of drug-likeness (QED) is 0.517. The van der Waals surface area contributed by atoms with Crippen molar-refractivity contribution >= 4 is 16.6 Å². The summed E-state index contributed by atoms with van der Waals surface area (Å²) in [5.41, 5.74) is 3.07. The van der Waals surface area contributed by atoms with E-state index in [1.54, 1.807) is 29.4 Å². The van der Waals surface area contributed by atoms with Crippen LogP contribution in [0.2, 0.25) is 0 Å². The number of nitrogens with zero attached hydrogens (tertiary/aromatic N) is 4. The lowest BCUT2D eigenvalue weighted by Gasteiger charge is -2.05. The lowest BCUT2D eigenvalue weighted by Crippen LogP contribution is -2.19. The van der Waals surface area contributed by atoms with Crippen LogP contribution in [0.25, 0.3) is 27.8 Å². The Morgan fingerprint density at radius 2 is 1.96 bits per heavy atom. The van der Waals surface area contributed by atoms with Gasteiger partial charge in [-0.1, -0.05) is 12.1 Å². The molecule has 0 atom stereocenters. The number of hydrogen-bond acceptors (Lipinski definition) is 5. The molecule has 132 valence electrons. The summed E-state index contributed by atoms with van der Waals surface area (Å²) in [5.74, 6) is 0.510. The van der Waals surface area contributed by atoms with E-state index < -0.39 is 0 Å². The van der Waals surface area contributed by atoms with Gasteiger partial charge in [0.2, 0.25) is 5.88 Å². The molecule has 0 aliphatic rings. The number of aryl methyl sites for hydroxylation is 1. The molecule has 26 heavy (non-hydrogen) atoms. The molecular formula is C19H18N4O3. The maximum absolute atomic E-state index is 12.6. The molecule has 0 unspecified atom stereocenters. The van der Waals surface area contributed by atoms with Crippen LogP contribution in [0.4, 0.5) is 0 Å². The number of pyridine rings is 1.